The predicted octanol–water partition coefficient (Wildman–Crippen LogP) is 3.13. The number of carbonyl (C=O) groups is 1. The van der Waals surface area contributed by atoms with E-state index in [1.807, 2.05) is 0 Å². The van der Waals surface area contributed by atoms with Gasteiger partial charge in [-0.3, -0.25) is 9.69 Å². The second-order valence-corrected chi connectivity index (χ2v) is 6.77. The third kappa shape index (κ3) is 4.10. The van der Waals surface area contributed by atoms with Gasteiger partial charge in [0.25, 0.3) is 0 Å². The lowest BCUT2D eigenvalue weighted by molar-refractivity contribution is -0.125. The average Bonchev–Trinajstić information content (AvgIpc) is 2.59. The maximum absolute atomic E-state index is 12.1. The van der Waals surface area contributed by atoms with Crippen molar-refractivity contribution in [3.63, 3.8) is 0 Å². The second kappa shape index (κ2) is 7.77. The monoisotopic (exact) mass is 300 g/mol. The Morgan fingerprint density at radius 3 is 2.73 bits per heavy atom. The minimum absolute atomic E-state index is 0.288. The first-order valence-corrected chi connectivity index (χ1v) is 8.90. The number of fused-ring (bicyclic) bond motifs is 1. The summed E-state index contributed by atoms with van der Waals surface area (Å²) < 4.78 is 0. The van der Waals surface area contributed by atoms with E-state index >= 15 is 0 Å². The molecule has 1 fully saturated rings. The Morgan fingerprint density at radius 1 is 1.14 bits per heavy atom. The van der Waals surface area contributed by atoms with Crippen LogP contribution >= 0.6 is 0 Å². The Morgan fingerprint density at radius 2 is 1.91 bits per heavy atom. The van der Waals surface area contributed by atoms with Gasteiger partial charge in [-0.25, -0.2) is 0 Å². The number of benzene rings is 1. The van der Waals surface area contributed by atoms with Crippen LogP contribution in [0.2, 0.25) is 0 Å². The van der Waals surface area contributed by atoms with E-state index in [1.54, 1.807) is 0 Å². The van der Waals surface area contributed by atoms with Gasteiger partial charge in [0, 0.05) is 32.1 Å². The van der Waals surface area contributed by atoms with Crippen LogP contribution in [-0.4, -0.2) is 30.4 Å². The van der Waals surface area contributed by atoms with Crippen LogP contribution in [0.5, 0.6) is 0 Å². The second-order valence-electron chi connectivity index (χ2n) is 6.77. The molecule has 2 aliphatic rings. The predicted molar refractivity (Wildman–Crippen MR) is 89.6 cm³/mol. The van der Waals surface area contributed by atoms with Crippen LogP contribution in [0.4, 0.5) is 0 Å². The molecule has 3 rings (SSSR count). The lowest BCUT2D eigenvalue weighted by atomic mass is 9.89. The summed E-state index contributed by atoms with van der Waals surface area (Å²) in [6, 6.07) is 8.76. The van der Waals surface area contributed by atoms with Crippen LogP contribution in [0.1, 0.15) is 49.7 Å². The van der Waals surface area contributed by atoms with E-state index in [1.165, 1.54) is 30.4 Å². The van der Waals surface area contributed by atoms with Crippen LogP contribution in [-0.2, 0) is 17.8 Å². The molecule has 0 radical (unpaired) electrons. The summed E-state index contributed by atoms with van der Waals surface area (Å²) in [6.07, 6.45) is 8.16. The zero-order chi connectivity index (χ0) is 15.2. The molecule has 0 saturated heterocycles. The third-order valence-electron chi connectivity index (χ3n) is 5.14. The SMILES string of the molecule is O=C(NCCCN1CCc2ccccc2C1)C1CCCCC1. The molecule has 1 aromatic carbocycles. The van der Waals surface area contributed by atoms with E-state index in [-0.39, 0.29) is 5.92 Å². The van der Waals surface area contributed by atoms with E-state index < -0.39 is 0 Å². The van der Waals surface area contributed by atoms with E-state index in [9.17, 15) is 4.79 Å². The molecular weight excluding hydrogens is 272 g/mol. The number of nitrogens with one attached hydrogen (secondary N) is 1. The van der Waals surface area contributed by atoms with Crippen molar-refractivity contribution >= 4 is 5.91 Å². The number of hydrogen-bond donors (Lipinski definition) is 1. The number of rotatable bonds is 5. The molecule has 0 aromatic heterocycles. The van der Waals surface area contributed by atoms with E-state index in [0.717, 1.165) is 51.9 Å². The summed E-state index contributed by atoms with van der Waals surface area (Å²) in [5, 5.41) is 3.15. The first-order chi connectivity index (χ1) is 10.8. The first kappa shape index (κ1) is 15.5. The highest BCUT2D eigenvalue weighted by Crippen LogP contribution is 2.23. The van der Waals surface area contributed by atoms with Gasteiger partial charge in [-0.1, -0.05) is 43.5 Å². The molecule has 1 aromatic rings. The Balaban J connectivity index is 1.35. The Hall–Kier alpha value is -1.35. The fourth-order valence-electron chi connectivity index (χ4n) is 3.77. The quantitative estimate of drug-likeness (QED) is 0.847. The lowest BCUT2D eigenvalue weighted by Gasteiger charge is -2.28. The maximum Gasteiger partial charge on any atom is 0.223 e. The largest absolute Gasteiger partial charge is 0.356 e. The standard InChI is InChI=1S/C19H28N2O/c22-19(17-8-2-1-3-9-17)20-12-6-13-21-14-11-16-7-4-5-10-18(16)15-21/h4-5,7,10,17H,1-3,6,8-9,11-15H2,(H,20,22). The van der Waals surface area contributed by atoms with Crippen molar-refractivity contribution < 1.29 is 4.79 Å². The molecule has 3 nitrogen and oxygen atoms in total. The van der Waals surface area contributed by atoms with E-state index in [4.69, 9.17) is 0 Å². The van der Waals surface area contributed by atoms with Crippen LogP contribution in [0.15, 0.2) is 24.3 Å². The zero-order valence-corrected chi connectivity index (χ0v) is 13.5. The molecule has 1 amide bonds. The number of hydrogen-bond acceptors (Lipinski definition) is 2. The summed E-state index contributed by atoms with van der Waals surface area (Å²) in [6.45, 7) is 4.12. The molecule has 0 atom stereocenters. The van der Waals surface area contributed by atoms with Gasteiger partial charge in [-0.2, -0.15) is 0 Å². The lowest BCUT2D eigenvalue weighted by Crippen LogP contribution is -2.36. The van der Waals surface area contributed by atoms with E-state index in [0.29, 0.717) is 5.91 Å². The van der Waals surface area contributed by atoms with Crippen LogP contribution < -0.4 is 5.32 Å². The molecule has 1 heterocycles. The highest BCUT2D eigenvalue weighted by atomic mass is 16.1. The van der Waals surface area contributed by atoms with Gasteiger partial charge in [0.1, 0.15) is 0 Å². The highest BCUT2D eigenvalue weighted by molar-refractivity contribution is 5.78. The summed E-state index contributed by atoms with van der Waals surface area (Å²) in [5.41, 5.74) is 2.98. The highest BCUT2D eigenvalue weighted by Gasteiger charge is 2.20. The molecule has 0 bridgehead atoms. The molecule has 0 spiro atoms. The van der Waals surface area contributed by atoms with Crippen molar-refractivity contribution in [2.75, 3.05) is 19.6 Å². The summed E-state index contributed by atoms with van der Waals surface area (Å²) >= 11 is 0. The van der Waals surface area contributed by atoms with Crippen LogP contribution in [0.3, 0.4) is 0 Å². The minimum atomic E-state index is 0.288. The van der Waals surface area contributed by atoms with Crippen molar-refractivity contribution in [3.05, 3.63) is 35.4 Å². The molecule has 120 valence electrons. The average molecular weight is 300 g/mol. The van der Waals surface area contributed by atoms with E-state index in [2.05, 4.69) is 34.5 Å². The van der Waals surface area contributed by atoms with Crippen molar-refractivity contribution in [2.45, 2.75) is 51.5 Å². The minimum Gasteiger partial charge on any atom is -0.356 e. The van der Waals surface area contributed by atoms with Crippen LogP contribution in [0, 0.1) is 5.92 Å². The van der Waals surface area contributed by atoms with Gasteiger partial charge in [-0.15, -0.1) is 0 Å². The normalized spacial score (nSPS) is 19.6. The van der Waals surface area contributed by atoms with Crippen LogP contribution in [0.25, 0.3) is 0 Å². The summed E-state index contributed by atoms with van der Waals surface area (Å²) in [4.78, 5) is 14.6. The maximum atomic E-state index is 12.1. The molecule has 1 saturated carbocycles. The fraction of sp³-hybridized carbons (Fsp3) is 0.632. The van der Waals surface area contributed by atoms with Crippen molar-refractivity contribution in [3.8, 4) is 0 Å². The Labute approximate surface area is 134 Å². The molecule has 3 heteroatoms. The molecule has 0 unspecified atom stereocenters. The molecule has 1 aliphatic heterocycles. The Kier molecular flexibility index (Phi) is 5.49. The summed E-state index contributed by atoms with van der Waals surface area (Å²) in [7, 11) is 0. The van der Waals surface area contributed by atoms with Crippen molar-refractivity contribution in [2.24, 2.45) is 5.92 Å². The molecular formula is C19H28N2O. The van der Waals surface area contributed by atoms with Gasteiger partial charge < -0.3 is 5.32 Å². The van der Waals surface area contributed by atoms with Gasteiger partial charge >= 0.3 is 0 Å². The topological polar surface area (TPSA) is 32.3 Å². The third-order valence-corrected chi connectivity index (χ3v) is 5.14. The fourth-order valence-corrected chi connectivity index (χ4v) is 3.77. The number of carbonyl (C=O) groups excluding carboxylic acids is 1. The Bertz CT molecular complexity index is 494. The molecule has 1 N–H and O–H groups in total. The summed E-state index contributed by atoms with van der Waals surface area (Å²) in [5.74, 6) is 0.583. The van der Waals surface area contributed by atoms with Gasteiger partial charge in [0.15, 0.2) is 0 Å². The van der Waals surface area contributed by atoms with Crippen molar-refractivity contribution in [1.82, 2.24) is 10.2 Å². The molecule has 22 heavy (non-hydrogen) atoms. The first-order valence-electron chi connectivity index (χ1n) is 8.90. The zero-order valence-electron chi connectivity index (χ0n) is 13.5. The van der Waals surface area contributed by atoms with Gasteiger partial charge in [-0.05, 0) is 36.8 Å². The smallest absolute Gasteiger partial charge is 0.223 e. The van der Waals surface area contributed by atoms with Gasteiger partial charge in [0.2, 0.25) is 5.91 Å². The number of nitrogens with zero attached hydrogens (tertiary/aromatic N) is 1. The van der Waals surface area contributed by atoms with Gasteiger partial charge in [0.05, 0.1) is 0 Å². The van der Waals surface area contributed by atoms with Crippen molar-refractivity contribution in [1.29, 1.82) is 0 Å². The molecule has 1 aliphatic carbocycles. The number of amides is 1.